The molecule has 0 N–H and O–H groups in total. The summed E-state index contributed by atoms with van der Waals surface area (Å²) >= 11 is 0. The fraction of sp³-hybridized carbons (Fsp3) is 0.708. The highest BCUT2D eigenvalue weighted by atomic mass is 16.5. The molecular weight excluding hydrogens is 378 g/mol. The number of amides is 1. The topological polar surface area (TPSA) is 45.3 Å². The van der Waals surface area contributed by atoms with Crippen molar-refractivity contribution in [3.63, 3.8) is 0 Å². The van der Waals surface area contributed by atoms with E-state index in [1.54, 1.807) is 0 Å². The first-order chi connectivity index (χ1) is 14.6. The average Bonchev–Trinajstić information content (AvgIpc) is 3.24. The van der Waals surface area contributed by atoms with E-state index < -0.39 is 0 Å². The van der Waals surface area contributed by atoms with Gasteiger partial charge in [-0.25, -0.2) is 0 Å². The summed E-state index contributed by atoms with van der Waals surface area (Å²) in [6, 6.07) is 8.78. The molecule has 0 radical (unpaired) electrons. The SMILES string of the molecule is CN(C)C1CN(C(=O)C2CCOC(c3ccc(OCCCN4CCCC4)cc3)C2)C1. The van der Waals surface area contributed by atoms with Crippen molar-refractivity contribution < 1.29 is 14.3 Å². The molecule has 4 rings (SSSR count). The van der Waals surface area contributed by atoms with Gasteiger partial charge in [-0.1, -0.05) is 12.1 Å². The highest BCUT2D eigenvalue weighted by molar-refractivity contribution is 5.80. The number of carbonyl (C=O) groups is 1. The first-order valence-electron chi connectivity index (χ1n) is 11.6. The molecule has 3 aliphatic rings. The monoisotopic (exact) mass is 415 g/mol. The Bertz CT molecular complexity index is 681. The van der Waals surface area contributed by atoms with Gasteiger partial charge in [-0.2, -0.15) is 0 Å². The van der Waals surface area contributed by atoms with Gasteiger partial charge in [-0.3, -0.25) is 4.79 Å². The predicted octanol–water partition coefficient (Wildman–Crippen LogP) is 2.79. The smallest absolute Gasteiger partial charge is 0.225 e. The van der Waals surface area contributed by atoms with Crippen molar-refractivity contribution in [1.29, 1.82) is 0 Å². The molecule has 1 aromatic rings. The van der Waals surface area contributed by atoms with Crippen molar-refractivity contribution in [2.75, 3.05) is 60.0 Å². The molecule has 3 saturated heterocycles. The van der Waals surface area contributed by atoms with Crippen LogP contribution in [0.25, 0.3) is 0 Å². The summed E-state index contributed by atoms with van der Waals surface area (Å²) in [6.07, 6.45) is 5.36. The van der Waals surface area contributed by atoms with Crippen molar-refractivity contribution in [2.24, 2.45) is 5.92 Å². The Hall–Kier alpha value is -1.63. The molecule has 6 nitrogen and oxygen atoms in total. The highest BCUT2D eigenvalue weighted by Gasteiger charge is 2.37. The van der Waals surface area contributed by atoms with Crippen LogP contribution in [0.15, 0.2) is 24.3 Å². The zero-order valence-electron chi connectivity index (χ0n) is 18.6. The van der Waals surface area contributed by atoms with Crippen LogP contribution in [0, 0.1) is 5.92 Å². The Morgan fingerprint density at radius 1 is 1.17 bits per heavy atom. The lowest BCUT2D eigenvalue weighted by Gasteiger charge is -2.45. The molecule has 0 aromatic heterocycles. The number of nitrogens with zero attached hydrogens (tertiary/aromatic N) is 3. The lowest BCUT2D eigenvalue weighted by atomic mass is 9.89. The third kappa shape index (κ3) is 5.34. The average molecular weight is 416 g/mol. The van der Waals surface area contributed by atoms with Crippen molar-refractivity contribution in [2.45, 2.75) is 44.2 Å². The van der Waals surface area contributed by atoms with Crippen LogP contribution in [0.3, 0.4) is 0 Å². The van der Waals surface area contributed by atoms with Gasteiger partial charge in [0.1, 0.15) is 5.75 Å². The summed E-state index contributed by atoms with van der Waals surface area (Å²) in [7, 11) is 4.16. The Balaban J connectivity index is 1.22. The summed E-state index contributed by atoms with van der Waals surface area (Å²) in [4.78, 5) is 19.6. The molecule has 1 amide bonds. The number of benzene rings is 1. The van der Waals surface area contributed by atoms with E-state index in [0.717, 1.165) is 56.8 Å². The first-order valence-corrected chi connectivity index (χ1v) is 11.6. The van der Waals surface area contributed by atoms with Gasteiger partial charge in [0.05, 0.1) is 12.7 Å². The molecule has 0 saturated carbocycles. The number of carbonyl (C=O) groups excluding carboxylic acids is 1. The van der Waals surface area contributed by atoms with E-state index in [9.17, 15) is 4.79 Å². The Labute approximate surface area is 181 Å². The lowest BCUT2D eigenvalue weighted by molar-refractivity contribution is -0.147. The standard InChI is InChI=1S/C24H37N3O3/c1-25(2)21-17-27(18-21)24(28)20-10-15-30-23(16-20)19-6-8-22(9-7-19)29-14-5-13-26-11-3-4-12-26/h6-9,20-21,23H,3-5,10-18H2,1-2H3. The quantitative estimate of drug-likeness (QED) is 0.611. The molecule has 0 spiro atoms. The van der Waals surface area contributed by atoms with Gasteiger partial charge in [0.2, 0.25) is 5.91 Å². The van der Waals surface area contributed by atoms with Crippen LogP contribution in [-0.4, -0.2) is 86.7 Å². The number of rotatable bonds is 8. The Morgan fingerprint density at radius 3 is 2.60 bits per heavy atom. The summed E-state index contributed by atoms with van der Waals surface area (Å²) in [5, 5.41) is 0. The summed E-state index contributed by atoms with van der Waals surface area (Å²) in [6.45, 7) is 6.75. The number of ether oxygens (including phenoxy) is 2. The molecule has 1 aromatic carbocycles. The summed E-state index contributed by atoms with van der Waals surface area (Å²) in [5.74, 6) is 1.30. The third-order valence-corrected chi connectivity index (χ3v) is 6.88. The van der Waals surface area contributed by atoms with Gasteiger partial charge in [0.25, 0.3) is 0 Å². The number of likely N-dealkylation sites (tertiary alicyclic amines) is 2. The zero-order chi connectivity index (χ0) is 20.9. The molecule has 3 fully saturated rings. The number of hydrogen-bond acceptors (Lipinski definition) is 5. The molecule has 3 heterocycles. The van der Waals surface area contributed by atoms with E-state index >= 15 is 0 Å². The van der Waals surface area contributed by atoms with E-state index in [1.165, 1.54) is 25.9 Å². The van der Waals surface area contributed by atoms with Crippen molar-refractivity contribution in [3.8, 4) is 5.75 Å². The highest BCUT2D eigenvalue weighted by Crippen LogP contribution is 2.34. The normalized spacial score (nSPS) is 25.5. The van der Waals surface area contributed by atoms with E-state index in [1.807, 2.05) is 17.0 Å². The Morgan fingerprint density at radius 2 is 1.90 bits per heavy atom. The Kier molecular flexibility index (Phi) is 7.28. The molecule has 2 unspecified atom stereocenters. The molecule has 6 heteroatoms. The fourth-order valence-corrected chi connectivity index (χ4v) is 4.74. The lowest BCUT2D eigenvalue weighted by Crippen LogP contribution is -2.60. The maximum atomic E-state index is 12.8. The minimum Gasteiger partial charge on any atom is -0.494 e. The largest absolute Gasteiger partial charge is 0.494 e. The zero-order valence-corrected chi connectivity index (χ0v) is 18.6. The van der Waals surface area contributed by atoms with E-state index in [4.69, 9.17) is 9.47 Å². The minimum absolute atomic E-state index is 0.00263. The van der Waals surface area contributed by atoms with Crippen LogP contribution >= 0.6 is 0 Å². The molecule has 30 heavy (non-hydrogen) atoms. The van der Waals surface area contributed by atoms with Gasteiger partial charge >= 0.3 is 0 Å². The van der Waals surface area contributed by atoms with Crippen LogP contribution in [0.1, 0.15) is 43.8 Å². The number of likely N-dealkylation sites (N-methyl/N-ethyl adjacent to an activating group) is 1. The van der Waals surface area contributed by atoms with Crippen LogP contribution < -0.4 is 4.74 Å². The third-order valence-electron chi connectivity index (χ3n) is 6.88. The van der Waals surface area contributed by atoms with Crippen molar-refractivity contribution in [1.82, 2.24) is 14.7 Å². The van der Waals surface area contributed by atoms with Gasteiger partial charge < -0.3 is 24.2 Å². The van der Waals surface area contributed by atoms with Crippen molar-refractivity contribution in [3.05, 3.63) is 29.8 Å². The van der Waals surface area contributed by atoms with E-state index in [2.05, 4.69) is 36.0 Å². The molecule has 2 atom stereocenters. The molecule has 0 bridgehead atoms. The first kappa shape index (κ1) is 21.6. The van der Waals surface area contributed by atoms with Crippen LogP contribution in [-0.2, 0) is 9.53 Å². The number of hydrogen-bond donors (Lipinski definition) is 0. The van der Waals surface area contributed by atoms with Gasteiger partial charge in [0, 0.05) is 38.2 Å². The maximum absolute atomic E-state index is 12.8. The second kappa shape index (κ2) is 10.1. The predicted molar refractivity (Wildman–Crippen MR) is 118 cm³/mol. The van der Waals surface area contributed by atoms with Gasteiger partial charge in [-0.05, 0) is 77.0 Å². The molecule has 0 aliphatic carbocycles. The second-order valence-electron chi connectivity index (χ2n) is 9.26. The summed E-state index contributed by atoms with van der Waals surface area (Å²) < 4.78 is 11.9. The van der Waals surface area contributed by atoms with E-state index in [0.29, 0.717) is 18.6 Å². The summed E-state index contributed by atoms with van der Waals surface area (Å²) in [5.41, 5.74) is 1.15. The van der Waals surface area contributed by atoms with E-state index in [-0.39, 0.29) is 12.0 Å². The van der Waals surface area contributed by atoms with Crippen LogP contribution in [0.2, 0.25) is 0 Å². The molecule has 3 aliphatic heterocycles. The van der Waals surface area contributed by atoms with Gasteiger partial charge in [-0.15, -0.1) is 0 Å². The fourth-order valence-electron chi connectivity index (χ4n) is 4.74. The van der Waals surface area contributed by atoms with Crippen LogP contribution in [0.4, 0.5) is 0 Å². The maximum Gasteiger partial charge on any atom is 0.225 e. The minimum atomic E-state index is 0.00263. The van der Waals surface area contributed by atoms with Gasteiger partial charge in [0.15, 0.2) is 0 Å². The van der Waals surface area contributed by atoms with Crippen LogP contribution in [0.5, 0.6) is 5.75 Å². The molecular formula is C24H37N3O3. The molecule has 166 valence electrons. The second-order valence-corrected chi connectivity index (χ2v) is 9.26. The van der Waals surface area contributed by atoms with Crippen molar-refractivity contribution >= 4 is 5.91 Å².